The summed E-state index contributed by atoms with van der Waals surface area (Å²) in [6.07, 6.45) is 0.958. The van der Waals surface area contributed by atoms with Crippen molar-refractivity contribution in [3.8, 4) is 0 Å². The van der Waals surface area contributed by atoms with Gasteiger partial charge in [-0.25, -0.2) is 0 Å². The zero-order valence-corrected chi connectivity index (χ0v) is 9.49. The van der Waals surface area contributed by atoms with Crippen LogP contribution in [-0.4, -0.2) is 6.54 Å². The first-order valence-electron chi connectivity index (χ1n) is 4.19. The molecular formula is C10H10BrNS. The van der Waals surface area contributed by atoms with Crippen LogP contribution < -0.4 is 5.73 Å². The summed E-state index contributed by atoms with van der Waals surface area (Å²) in [6.45, 7) is 0.714. The van der Waals surface area contributed by atoms with Crippen LogP contribution >= 0.6 is 27.3 Å². The zero-order chi connectivity index (χ0) is 9.26. The Morgan fingerprint density at radius 3 is 2.77 bits per heavy atom. The van der Waals surface area contributed by atoms with Gasteiger partial charge in [0.05, 0.1) is 0 Å². The highest BCUT2D eigenvalue weighted by atomic mass is 79.9. The number of hydrogen-bond acceptors (Lipinski definition) is 2. The van der Waals surface area contributed by atoms with Crippen molar-refractivity contribution in [1.82, 2.24) is 0 Å². The molecule has 3 heteroatoms. The molecule has 0 aliphatic heterocycles. The number of thiophene rings is 1. The number of benzene rings is 1. The van der Waals surface area contributed by atoms with Crippen LogP contribution in [-0.2, 0) is 6.42 Å². The van der Waals surface area contributed by atoms with E-state index >= 15 is 0 Å². The molecular weight excluding hydrogens is 246 g/mol. The quantitative estimate of drug-likeness (QED) is 0.877. The van der Waals surface area contributed by atoms with Crippen molar-refractivity contribution in [3.63, 3.8) is 0 Å². The molecule has 0 bridgehead atoms. The summed E-state index contributed by atoms with van der Waals surface area (Å²) in [5.74, 6) is 0. The standard InChI is InChI=1S/C10H10BrNS/c11-10-7-3-1-2-4-8(7)13-9(10)5-6-12/h1-4H,5-6,12H2. The Kier molecular flexibility index (Phi) is 2.67. The molecule has 2 rings (SSSR count). The first kappa shape index (κ1) is 9.19. The van der Waals surface area contributed by atoms with E-state index in [1.54, 1.807) is 0 Å². The summed E-state index contributed by atoms with van der Waals surface area (Å²) < 4.78 is 2.55. The molecule has 0 amide bonds. The van der Waals surface area contributed by atoms with E-state index in [0.717, 1.165) is 6.42 Å². The monoisotopic (exact) mass is 255 g/mol. The van der Waals surface area contributed by atoms with Crippen molar-refractivity contribution in [2.75, 3.05) is 6.54 Å². The SMILES string of the molecule is NCCc1sc2ccccc2c1Br. The van der Waals surface area contributed by atoms with Crippen LogP contribution in [0.3, 0.4) is 0 Å². The van der Waals surface area contributed by atoms with Gasteiger partial charge in [0.25, 0.3) is 0 Å². The molecule has 0 saturated carbocycles. The molecule has 13 heavy (non-hydrogen) atoms. The second-order valence-electron chi connectivity index (χ2n) is 2.87. The van der Waals surface area contributed by atoms with Crippen molar-refractivity contribution < 1.29 is 0 Å². The van der Waals surface area contributed by atoms with Gasteiger partial charge >= 0.3 is 0 Å². The molecule has 1 nitrogen and oxygen atoms in total. The molecule has 0 aliphatic rings. The lowest BCUT2D eigenvalue weighted by molar-refractivity contribution is 0.985. The average Bonchev–Trinajstić information content (AvgIpc) is 2.46. The molecule has 1 aromatic heterocycles. The Bertz CT molecular complexity index is 422. The zero-order valence-electron chi connectivity index (χ0n) is 7.09. The van der Waals surface area contributed by atoms with Crippen molar-refractivity contribution >= 4 is 37.4 Å². The van der Waals surface area contributed by atoms with Crippen molar-refractivity contribution in [2.45, 2.75) is 6.42 Å². The smallest absolute Gasteiger partial charge is 0.0393 e. The molecule has 0 aliphatic carbocycles. The van der Waals surface area contributed by atoms with Crippen LogP contribution in [0.5, 0.6) is 0 Å². The fourth-order valence-corrected chi connectivity index (χ4v) is 3.39. The molecule has 0 atom stereocenters. The van der Waals surface area contributed by atoms with Gasteiger partial charge in [-0.1, -0.05) is 18.2 Å². The number of halogens is 1. The van der Waals surface area contributed by atoms with Gasteiger partial charge in [0.1, 0.15) is 0 Å². The predicted molar refractivity (Wildman–Crippen MR) is 62.3 cm³/mol. The van der Waals surface area contributed by atoms with Crippen LogP contribution in [0.15, 0.2) is 28.7 Å². The van der Waals surface area contributed by atoms with Crippen molar-refractivity contribution in [3.05, 3.63) is 33.6 Å². The first-order chi connectivity index (χ1) is 6.33. The van der Waals surface area contributed by atoms with Gasteiger partial charge in [0, 0.05) is 19.4 Å². The second kappa shape index (κ2) is 3.78. The largest absolute Gasteiger partial charge is 0.330 e. The van der Waals surface area contributed by atoms with Crippen LogP contribution in [0.25, 0.3) is 10.1 Å². The molecule has 0 fully saturated rings. The molecule has 0 saturated heterocycles. The van der Waals surface area contributed by atoms with E-state index in [4.69, 9.17) is 5.73 Å². The van der Waals surface area contributed by atoms with E-state index in [1.807, 2.05) is 11.3 Å². The fourth-order valence-electron chi connectivity index (χ4n) is 1.36. The topological polar surface area (TPSA) is 26.0 Å². The van der Waals surface area contributed by atoms with Crippen molar-refractivity contribution in [2.24, 2.45) is 5.73 Å². The first-order valence-corrected chi connectivity index (χ1v) is 5.80. The molecule has 1 heterocycles. The summed E-state index contributed by atoms with van der Waals surface area (Å²) in [6, 6.07) is 8.41. The fraction of sp³-hybridized carbons (Fsp3) is 0.200. The van der Waals surface area contributed by atoms with E-state index < -0.39 is 0 Å². The third-order valence-electron chi connectivity index (χ3n) is 1.97. The highest BCUT2D eigenvalue weighted by Gasteiger charge is 2.07. The van der Waals surface area contributed by atoms with Gasteiger partial charge in [-0.3, -0.25) is 0 Å². The third kappa shape index (κ3) is 1.64. The van der Waals surface area contributed by atoms with Gasteiger partial charge in [0.15, 0.2) is 0 Å². The Morgan fingerprint density at radius 1 is 1.31 bits per heavy atom. The number of rotatable bonds is 2. The second-order valence-corrected chi connectivity index (χ2v) is 4.80. The molecule has 68 valence electrons. The van der Waals surface area contributed by atoms with Gasteiger partial charge in [-0.15, -0.1) is 11.3 Å². The van der Waals surface area contributed by atoms with E-state index in [1.165, 1.54) is 19.4 Å². The Balaban J connectivity index is 2.60. The average molecular weight is 256 g/mol. The highest BCUT2D eigenvalue weighted by molar-refractivity contribution is 9.10. The lowest BCUT2D eigenvalue weighted by Crippen LogP contribution is -2.01. The molecule has 0 unspecified atom stereocenters. The Hall–Kier alpha value is -0.380. The predicted octanol–water partition coefficient (Wildman–Crippen LogP) is 3.17. The summed E-state index contributed by atoms with van der Waals surface area (Å²) >= 11 is 5.43. The van der Waals surface area contributed by atoms with Crippen LogP contribution in [0, 0.1) is 0 Å². The minimum absolute atomic E-state index is 0.714. The van der Waals surface area contributed by atoms with Crippen LogP contribution in [0.2, 0.25) is 0 Å². The van der Waals surface area contributed by atoms with Crippen LogP contribution in [0.4, 0.5) is 0 Å². The van der Waals surface area contributed by atoms with Gasteiger partial charge in [-0.05, 0) is 35.0 Å². The summed E-state index contributed by atoms with van der Waals surface area (Å²) in [5, 5.41) is 1.30. The van der Waals surface area contributed by atoms with E-state index in [9.17, 15) is 0 Å². The third-order valence-corrected chi connectivity index (χ3v) is 4.37. The lowest BCUT2D eigenvalue weighted by Gasteiger charge is -1.92. The maximum atomic E-state index is 5.54. The minimum atomic E-state index is 0.714. The normalized spacial score (nSPS) is 10.9. The maximum Gasteiger partial charge on any atom is 0.0393 e. The van der Waals surface area contributed by atoms with E-state index in [-0.39, 0.29) is 0 Å². The molecule has 0 spiro atoms. The van der Waals surface area contributed by atoms with Crippen molar-refractivity contribution in [1.29, 1.82) is 0 Å². The molecule has 0 radical (unpaired) electrons. The number of nitrogens with two attached hydrogens (primary N) is 1. The highest BCUT2D eigenvalue weighted by Crippen LogP contribution is 2.35. The summed E-state index contributed by atoms with van der Waals surface area (Å²) in [5.41, 5.74) is 5.54. The van der Waals surface area contributed by atoms with E-state index in [0.29, 0.717) is 6.54 Å². The van der Waals surface area contributed by atoms with Crippen LogP contribution in [0.1, 0.15) is 4.88 Å². The van der Waals surface area contributed by atoms with Gasteiger partial charge in [-0.2, -0.15) is 0 Å². The minimum Gasteiger partial charge on any atom is -0.330 e. The number of fused-ring (bicyclic) bond motifs is 1. The summed E-state index contributed by atoms with van der Waals surface area (Å²) in [4.78, 5) is 1.35. The molecule has 2 N–H and O–H groups in total. The maximum absolute atomic E-state index is 5.54. The Labute approximate surface area is 89.7 Å². The van der Waals surface area contributed by atoms with Gasteiger partial charge < -0.3 is 5.73 Å². The van der Waals surface area contributed by atoms with Gasteiger partial charge in [0.2, 0.25) is 0 Å². The lowest BCUT2D eigenvalue weighted by atomic mass is 10.2. The molecule has 2 aromatic rings. The molecule has 1 aromatic carbocycles. The summed E-state index contributed by atoms with van der Waals surface area (Å²) in [7, 11) is 0. The number of hydrogen-bond donors (Lipinski definition) is 1. The van der Waals surface area contributed by atoms with E-state index in [2.05, 4.69) is 40.2 Å². The Morgan fingerprint density at radius 2 is 2.08 bits per heavy atom.